The second kappa shape index (κ2) is 13.3. The fourth-order valence-corrected chi connectivity index (χ4v) is 3.03. The number of nitrogens with two attached hydrogens (primary N) is 1. The quantitative estimate of drug-likeness (QED) is 0.173. The summed E-state index contributed by atoms with van der Waals surface area (Å²) in [6, 6.07) is -4.91. The van der Waals surface area contributed by atoms with Gasteiger partial charge >= 0.3 is 11.9 Å². The Labute approximate surface area is 197 Å². The van der Waals surface area contributed by atoms with Crippen LogP contribution in [0.15, 0.2) is 12.5 Å². The second-order valence-corrected chi connectivity index (χ2v) is 8.48. The van der Waals surface area contributed by atoms with Gasteiger partial charge in [-0.1, -0.05) is 34.1 Å². The van der Waals surface area contributed by atoms with E-state index in [1.54, 1.807) is 20.8 Å². The van der Waals surface area contributed by atoms with Crippen LogP contribution < -0.4 is 21.7 Å². The number of hydrogen-bond acceptors (Lipinski definition) is 7. The SMILES string of the molecule is CCC(C)C(N)C(=O)NC(C(=O)NC(CC(=O)O)C(=O)NC(Cc1cnc[nH]1)C(=O)O)C(C)C. The van der Waals surface area contributed by atoms with Gasteiger partial charge in [-0.3, -0.25) is 19.2 Å². The van der Waals surface area contributed by atoms with Crippen molar-refractivity contribution in [2.75, 3.05) is 0 Å². The van der Waals surface area contributed by atoms with Gasteiger partial charge in [-0.25, -0.2) is 9.78 Å². The van der Waals surface area contributed by atoms with Gasteiger partial charge in [0.25, 0.3) is 0 Å². The van der Waals surface area contributed by atoms with E-state index >= 15 is 0 Å². The highest BCUT2D eigenvalue weighted by Crippen LogP contribution is 2.09. The molecule has 0 spiro atoms. The van der Waals surface area contributed by atoms with E-state index in [9.17, 15) is 34.2 Å². The summed E-state index contributed by atoms with van der Waals surface area (Å²) < 4.78 is 0. The minimum Gasteiger partial charge on any atom is -0.481 e. The molecule has 1 aromatic heterocycles. The molecule has 13 heteroatoms. The molecule has 8 N–H and O–H groups in total. The molecule has 0 fully saturated rings. The molecule has 0 aromatic carbocycles. The highest BCUT2D eigenvalue weighted by molar-refractivity contribution is 5.95. The van der Waals surface area contributed by atoms with E-state index in [2.05, 4.69) is 25.9 Å². The molecule has 0 aliphatic heterocycles. The van der Waals surface area contributed by atoms with E-state index in [0.717, 1.165) is 0 Å². The number of carboxylic acids is 2. The number of nitrogens with zero attached hydrogens (tertiary/aromatic N) is 1. The number of imidazole rings is 1. The van der Waals surface area contributed by atoms with E-state index < -0.39 is 66.2 Å². The van der Waals surface area contributed by atoms with Gasteiger partial charge in [-0.15, -0.1) is 0 Å². The van der Waals surface area contributed by atoms with Gasteiger partial charge in [0, 0.05) is 18.3 Å². The maximum absolute atomic E-state index is 12.9. The van der Waals surface area contributed by atoms with Crippen LogP contribution in [0.3, 0.4) is 0 Å². The zero-order valence-electron chi connectivity index (χ0n) is 19.7. The minimum atomic E-state index is -1.57. The van der Waals surface area contributed by atoms with Gasteiger partial charge in [0.1, 0.15) is 18.1 Å². The van der Waals surface area contributed by atoms with Crippen molar-refractivity contribution in [2.24, 2.45) is 17.6 Å². The maximum atomic E-state index is 12.9. The number of H-pyrrole nitrogens is 1. The van der Waals surface area contributed by atoms with Crippen LogP contribution in [-0.2, 0) is 30.4 Å². The van der Waals surface area contributed by atoms with Crippen molar-refractivity contribution in [3.05, 3.63) is 18.2 Å². The topological polar surface area (TPSA) is 217 Å². The molecule has 3 amide bonds. The Morgan fingerprint density at radius 1 is 1.00 bits per heavy atom. The molecular formula is C21H34N6O7. The fraction of sp³-hybridized carbons (Fsp3) is 0.619. The smallest absolute Gasteiger partial charge is 0.326 e. The lowest BCUT2D eigenvalue weighted by Gasteiger charge is -2.27. The Kier molecular flexibility index (Phi) is 11.2. The normalized spacial score (nSPS) is 15.5. The highest BCUT2D eigenvalue weighted by atomic mass is 16.4. The Bertz CT molecular complexity index is 858. The van der Waals surface area contributed by atoms with Crippen molar-refractivity contribution >= 4 is 29.7 Å². The van der Waals surface area contributed by atoms with E-state index in [1.165, 1.54) is 12.5 Å². The molecule has 1 rings (SSSR count). The van der Waals surface area contributed by atoms with E-state index in [4.69, 9.17) is 5.73 Å². The number of aromatic amines is 1. The number of amides is 3. The first kappa shape index (κ1) is 28.6. The zero-order chi connectivity index (χ0) is 26.0. The lowest BCUT2D eigenvalue weighted by atomic mass is 9.97. The molecule has 0 bridgehead atoms. The summed E-state index contributed by atoms with van der Waals surface area (Å²) in [6.45, 7) is 6.99. The first-order chi connectivity index (χ1) is 15.9. The first-order valence-electron chi connectivity index (χ1n) is 11.0. The largest absolute Gasteiger partial charge is 0.481 e. The molecule has 190 valence electrons. The van der Waals surface area contributed by atoms with Crippen molar-refractivity contribution in [3.63, 3.8) is 0 Å². The Balaban J connectivity index is 2.97. The van der Waals surface area contributed by atoms with Gasteiger partial charge < -0.3 is 36.9 Å². The van der Waals surface area contributed by atoms with Gasteiger partial charge in [0.2, 0.25) is 17.7 Å². The number of aliphatic carboxylic acids is 2. The Hall–Kier alpha value is -3.48. The summed E-state index contributed by atoms with van der Waals surface area (Å²) in [7, 11) is 0. The summed E-state index contributed by atoms with van der Waals surface area (Å²) in [5.41, 5.74) is 6.36. The molecule has 5 unspecified atom stereocenters. The van der Waals surface area contributed by atoms with Crippen molar-refractivity contribution in [2.45, 2.75) is 71.1 Å². The third kappa shape index (κ3) is 8.81. The minimum absolute atomic E-state index is 0.132. The van der Waals surface area contributed by atoms with Gasteiger partial charge in [0.05, 0.1) is 18.8 Å². The standard InChI is InChI=1S/C21H34N6O7/c1-5-11(4)16(22)19(31)27-17(10(2)3)20(32)25-13(7-15(28)29)18(30)26-14(21(33)34)6-12-8-23-9-24-12/h8-11,13-14,16-17H,5-7,22H2,1-4H3,(H,23,24)(H,25,32)(H,26,30)(H,27,31)(H,28,29)(H,33,34). The van der Waals surface area contributed by atoms with Gasteiger partial charge in [0.15, 0.2) is 0 Å². The van der Waals surface area contributed by atoms with Crippen LogP contribution in [0.4, 0.5) is 0 Å². The van der Waals surface area contributed by atoms with Crippen LogP contribution in [0, 0.1) is 11.8 Å². The summed E-state index contributed by atoms with van der Waals surface area (Å²) in [5.74, 6) is -5.61. The zero-order valence-corrected chi connectivity index (χ0v) is 19.7. The molecule has 1 aromatic rings. The lowest BCUT2D eigenvalue weighted by molar-refractivity contribution is -0.143. The number of carbonyl (C=O) groups excluding carboxylic acids is 3. The summed E-state index contributed by atoms with van der Waals surface area (Å²) in [6.07, 6.45) is 2.46. The van der Waals surface area contributed by atoms with Gasteiger partial charge in [-0.05, 0) is 11.8 Å². The summed E-state index contributed by atoms with van der Waals surface area (Å²) in [5, 5.41) is 25.8. The number of nitrogens with one attached hydrogen (secondary N) is 4. The second-order valence-electron chi connectivity index (χ2n) is 8.48. The van der Waals surface area contributed by atoms with Crippen LogP contribution in [-0.4, -0.2) is 74.0 Å². The fourth-order valence-electron chi connectivity index (χ4n) is 3.03. The molecule has 0 saturated carbocycles. The van der Waals surface area contributed by atoms with Crippen LogP contribution in [0.5, 0.6) is 0 Å². The molecule has 0 aliphatic rings. The molecule has 34 heavy (non-hydrogen) atoms. The molecular weight excluding hydrogens is 448 g/mol. The predicted octanol–water partition coefficient (Wildman–Crippen LogP) is -1.00. The number of aromatic nitrogens is 2. The van der Waals surface area contributed by atoms with E-state index in [0.29, 0.717) is 12.1 Å². The highest BCUT2D eigenvalue weighted by Gasteiger charge is 2.33. The summed E-state index contributed by atoms with van der Waals surface area (Å²) in [4.78, 5) is 67.5. The monoisotopic (exact) mass is 482 g/mol. The predicted molar refractivity (Wildman–Crippen MR) is 120 cm³/mol. The Morgan fingerprint density at radius 3 is 2.09 bits per heavy atom. The van der Waals surface area contributed by atoms with Crippen molar-refractivity contribution in [1.82, 2.24) is 25.9 Å². The van der Waals surface area contributed by atoms with Crippen molar-refractivity contribution in [3.8, 4) is 0 Å². The maximum Gasteiger partial charge on any atom is 0.326 e. The van der Waals surface area contributed by atoms with Crippen molar-refractivity contribution in [1.29, 1.82) is 0 Å². The van der Waals surface area contributed by atoms with Crippen LogP contribution in [0.2, 0.25) is 0 Å². The van der Waals surface area contributed by atoms with Gasteiger partial charge in [-0.2, -0.15) is 0 Å². The number of rotatable bonds is 14. The third-order valence-corrected chi connectivity index (χ3v) is 5.41. The number of carbonyl (C=O) groups is 5. The van der Waals surface area contributed by atoms with Crippen LogP contribution in [0.25, 0.3) is 0 Å². The van der Waals surface area contributed by atoms with Crippen molar-refractivity contribution < 1.29 is 34.2 Å². The molecule has 0 saturated heterocycles. The third-order valence-electron chi connectivity index (χ3n) is 5.41. The Morgan fingerprint density at radius 2 is 1.62 bits per heavy atom. The molecule has 0 aliphatic carbocycles. The molecule has 13 nitrogen and oxygen atoms in total. The number of hydrogen-bond donors (Lipinski definition) is 7. The molecule has 1 heterocycles. The van der Waals surface area contributed by atoms with Crippen LogP contribution in [0.1, 0.15) is 46.2 Å². The average molecular weight is 483 g/mol. The first-order valence-corrected chi connectivity index (χ1v) is 11.0. The van der Waals surface area contributed by atoms with Crippen LogP contribution >= 0.6 is 0 Å². The average Bonchev–Trinajstić information content (AvgIpc) is 3.27. The molecule has 5 atom stereocenters. The summed E-state index contributed by atoms with van der Waals surface area (Å²) >= 11 is 0. The van der Waals surface area contributed by atoms with E-state index in [1.807, 2.05) is 6.92 Å². The van der Waals surface area contributed by atoms with E-state index in [-0.39, 0.29) is 12.3 Å². The molecule has 0 radical (unpaired) electrons. The number of carboxylic acid groups (broad SMARTS) is 2. The lowest BCUT2D eigenvalue weighted by Crippen LogP contribution is -2.59.